The minimum Gasteiger partial charge on any atom is -0.348 e. The van der Waals surface area contributed by atoms with Crippen LogP contribution < -0.4 is 5.32 Å². The fourth-order valence-corrected chi connectivity index (χ4v) is 3.11. The number of imidazole rings is 2. The van der Waals surface area contributed by atoms with Crippen LogP contribution in [0.5, 0.6) is 0 Å². The zero-order valence-electron chi connectivity index (χ0n) is 14.8. The van der Waals surface area contributed by atoms with Crippen LogP contribution in [0.4, 0.5) is 10.2 Å². The Hall–Kier alpha value is -4.39. The molecule has 140 valence electrons. The molecule has 0 amide bonds. The van der Waals surface area contributed by atoms with Gasteiger partial charge in [0.2, 0.25) is 0 Å². The number of terminal acetylenes is 1. The first-order valence-corrected chi connectivity index (χ1v) is 8.55. The molecule has 0 unspecified atom stereocenters. The van der Waals surface area contributed by atoms with E-state index in [-0.39, 0.29) is 5.82 Å². The van der Waals surface area contributed by atoms with Gasteiger partial charge in [0.15, 0.2) is 17.3 Å². The van der Waals surface area contributed by atoms with Crippen molar-refractivity contribution in [2.45, 2.75) is 6.04 Å². The second kappa shape index (κ2) is 6.65. The number of nitrogens with zero attached hydrogens (tertiary/aromatic N) is 7. The second-order valence-corrected chi connectivity index (χ2v) is 6.07. The number of nitrogens with one attached hydrogen (secondary N) is 2. The van der Waals surface area contributed by atoms with Crippen LogP contribution in [-0.4, -0.2) is 39.5 Å². The fraction of sp³-hybridized carbons (Fsp3) is 0.0526. The first-order chi connectivity index (χ1) is 14.2. The largest absolute Gasteiger partial charge is 0.348 e. The Kier molecular flexibility index (Phi) is 3.84. The van der Waals surface area contributed by atoms with Gasteiger partial charge >= 0.3 is 0 Å². The number of benzene rings is 1. The van der Waals surface area contributed by atoms with Crippen molar-refractivity contribution >= 4 is 28.0 Å². The zero-order valence-corrected chi connectivity index (χ0v) is 14.8. The van der Waals surface area contributed by atoms with Gasteiger partial charge < -0.3 is 10.3 Å². The maximum atomic E-state index is 14.0. The van der Waals surface area contributed by atoms with Crippen LogP contribution in [0.1, 0.15) is 11.9 Å². The van der Waals surface area contributed by atoms with E-state index in [2.05, 4.69) is 46.1 Å². The third-order valence-corrected chi connectivity index (χ3v) is 4.37. The number of halogens is 1. The lowest BCUT2D eigenvalue weighted by molar-refractivity contribution is 0.629. The standard InChI is InChI=1S/C19H12FN9/c1-2-12(27-18-16-17(24-9-23-16)25-10-26-18)19-28-13-4-3-11(20)7-14(13)29(19)15-5-6-21-8-22-15/h1,3-10,12H,(H2,23,24,25,26,27)/t12-/m0/s1. The highest BCUT2D eigenvalue weighted by atomic mass is 19.1. The molecule has 1 aromatic carbocycles. The Morgan fingerprint density at radius 1 is 1.14 bits per heavy atom. The predicted molar refractivity (Wildman–Crippen MR) is 103 cm³/mol. The van der Waals surface area contributed by atoms with Crippen LogP contribution in [-0.2, 0) is 0 Å². The van der Waals surface area contributed by atoms with Gasteiger partial charge in [-0.3, -0.25) is 4.57 Å². The van der Waals surface area contributed by atoms with Gasteiger partial charge in [-0.25, -0.2) is 34.3 Å². The highest BCUT2D eigenvalue weighted by Gasteiger charge is 2.22. The van der Waals surface area contributed by atoms with Crippen molar-refractivity contribution in [1.29, 1.82) is 0 Å². The summed E-state index contributed by atoms with van der Waals surface area (Å²) in [4.78, 5) is 28.3. The van der Waals surface area contributed by atoms with Crippen LogP contribution in [0.25, 0.3) is 28.0 Å². The SMILES string of the molecule is C#C[C@H](Nc1ncnc2nc[nH]c12)c1nc2ccc(F)cc2n1-c1ccncn1. The Bertz CT molecular complexity index is 1370. The van der Waals surface area contributed by atoms with Crippen LogP contribution in [0.2, 0.25) is 0 Å². The molecule has 4 aromatic heterocycles. The first kappa shape index (κ1) is 16.8. The Morgan fingerprint density at radius 2 is 2.07 bits per heavy atom. The second-order valence-electron chi connectivity index (χ2n) is 6.07. The van der Waals surface area contributed by atoms with E-state index in [9.17, 15) is 4.39 Å². The smallest absolute Gasteiger partial charge is 0.182 e. The van der Waals surface area contributed by atoms with E-state index in [0.717, 1.165) is 0 Å². The summed E-state index contributed by atoms with van der Waals surface area (Å²) >= 11 is 0. The quantitative estimate of drug-likeness (QED) is 0.457. The van der Waals surface area contributed by atoms with Gasteiger partial charge in [0, 0.05) is 12.3 Å². The molecule has 0 bridgehead atoms. The van der Waals surface area contributed by atoms with Gasteiger partial charge in [-0.2, -0.15) is 0 Å². The van der Waals surface area contributed by atoms with Crippen LogP contribution >= 0.6 is 0 Å². The van der Waals surface area contributed by atoms with Gasteiger partial charge in [-0.15, -0.1) is 6.42 Å². The van der Waals surface area contributed by atoms with Crippen LogP contribution in [0.3, 0.4) is 0 Å². The average Bonchev–Trinajstić information content (AvgIpc) is 3.37. The van der Waals surface area contributed by atoms with Crippen molar-refractivity contribution in [3.63, 3.8) is 0 Å². The van der Waals surface area contributed by atoms with E-state index in [4.69, 9.17) is 6.42 Å². The van der Waals surface area contributed by atoms with E-state index in [1.807, 2.05) is 0 Å². The summed E-state index contributed by atoms with van der Waals surface area (Å²) in [5, 5.41) is 3.18. The molecule has 0 fully saturated rings. The van der Waals surface area contributed by atoms with Crippen molar-refractivity contribution in [2.75, 3.05) is 5.32 Å². The van der Waals surface area contributed by atoms with E-state index in [1.165, 1.54) is 31.1 Å². The average molecular weight is 385 g/mol. The maximum Gasteiger partial charge on any atom is 0.182 e. The Labute approximate surface area is 163 Å². The van der Waals surface area contributed by atoms with Gasteiger partial charge in [-0.05, 0) is 18.2 Å². The lowest BCUT2D eigenvalue weighted by Gasteiger charge is -2.15. The molecule has 2 N–H and O–H groups in total. The van der Waals surface area contributed by atoms with Gasteiger partial charge in [-0.1, -0.05) is 5.92 Å². The monoisotopic (exact) mass is 385 g/mol. The third-order valence-electron chi connectivity index (χ3n) is 4.37. The number of H-pyrrole nitrogens is 1. The minimum atomic E-state index is -0.693. The predicted octanol–water partition coefficient (Wildman–Crippen LogP) is 2.41. The summed E-state index contributed by atoms with van der Waals surface area (Å²) in [6, 6.07) is 5.33. The lowest BCUT2D eigenvalue weighted by Crippen LogP contribution is -2.16. The minimum absolute atomic E-state index is 0.389. The number of aromatic nitrogens is 8. The van der Waals surface area contributed by atoms with E-state index in [0.29, 0.717) is 39.7 Å². The van der Waals surface area contributed by atoms with Crippen molar-refractivity contribution in [3.8, 4) is 18.2 Å². The molecule has 1 atom stereocenters. The van der Waals surface area contributed by atoms with Crippen molar-refractivity contribution in [3.05, 3.63) is 61.1 Å². The number of aromatic amines is 1. The molecular formula is C19H12FN9. The van der Waals surface area contributed by atoms with Crippen molar-refractivity contribution in [2.24, 2.45) is 0 Å². The molecule has 0 saturated carbocycles. The molecule has 5 aromatic rings. The number of rotatable bonds is 4. The summed E-state index contributed by atoms with van der Waals surface area (Å²) in [6.07, 6.45) is 11.7. The Morgan fingerprint density at radius 3 is 2.90 bits per heavy atom. The molecular weight excluding hydrogens is 373 g/mol. The molecule has 0 spiro atoms. The Balaban J connectivity index is 1.69. The zero-order chi connectivity index (χ0) is 19.8. The highest BCUT2D eigenvalue weighted by Crippen LogP contribution is 2.27. The van der Waals surface area contributed by atoms with Crippen LogP contribution in [0, 0.1) is 18.2 Å². The van der Waals surface area contributed by atoms with Crippen LogP contribution in [0.15, 0.2) is 49.4 Å². The fourth-order valence-electron chi connectivity index (χ4n) is 3.11. The molecule has 10 heteroatoms. The topological polar surface area (TPSA) is 110 Å². The number of hydrogen-bond donors (Lipinski definition) is 2. The molecule has 0 saturated heterocycles. The molecule has 0 aliphatic rings. The number of fused-ring (bicyclic) bond motifs is 2. The van der Waals surface area contributed by atoms with Gasteiger partial charge in [0.25, 0.3) is 0 Å². The van der Waals surface area contributed by atoms with E-state index >= 15 is 0 Å². The maximum absolute atomic E-state index is 14.0. The van der Waals surface area contributed by atoms with Crippen molar-refractivity contribution in [1.82, 2.24) is 39.5 Å². The number of anilines is 1. The summed E-state index contributed by atoms with van der Waals surface area (Å²) in [5.41, 5.74) is 2.24. The molecule has 9 nitrogen and oxygen atoms in total. The normalized spacial score (nSPS) is 12.1. The van der Waals surface area contributed by atoms with Gasteiger partial charge in [0.05, 0.1) is 17.4 Å². The summed E-state index contributed by atoms with van der Waals surface area (Å²) < 4.78 is 15.7. The lowest BCUT2D eigenvalue weighted by atomic mass is 10.2. The highest BCUT2D eigenvalue weighted by molar-refractivity contribution is 5.83. The van der Waals surface area contributed by atoms with Gasteiger partial charge in [0.1, 0.15) is 35.8 Å². The molecule has 0 aliphatic carbocycles. The summed E-state index contributed by atoms with van der Waals surface area (Å²) in [6.45, 7) is 0. The molecule has 0 radical (unpaired) electrons. The molecule has 5 rings (SSSR count). The summed E-state index contributed by atoms with van der Waals surface area (Å²) in [5.74, 6) is 3.74. The van der Waals surface area contributed by atoms with E-state index < -0.39 is 6.04 Å². The number of hydrogen-bond acceptors (Lipinski definition) is 7. The molecule has 4 heterocycles. The summed E-state index contributed by atoms with van der Waals surface area (Å²) in [7, 11) is 0. The van der Waals surface area contributed by atoms with E-state index in [1.54, 1.807) is 22.9 Å². The molecule has 29 heavy (non-hydrogen) atoms. The first-order valence-electron chi connectivity index (χ1n) is 8.55. The van der Waals surface area contributed by atoms with Crippen molar-refractivity contribution < 1.29 is 4.39 Å². The molecule has 0 aliphatic heterocycles. The third kappa shape index (κ3) is 2.81.